The standard InChI is InChI=1S/C18H25N3O2S/c1-15(13-21-11-3-2-4-12-21)20-24(22,23)14-17-8-5-7-16-9-6-10-19-18(16)17/h5-10,15,20H,2-4,11-14H2,1H3/t15-/m1/s1. The molecule has 1 aromatic heterocycles. The number of aromatic nitrogens is 1. The number of nitrogens with zero attached hydrogens (tertiary/aromatic N) is 2. The second kappa shape index (κ2) is 7.59. The molecule has 1 fully saturated rings. The number of piperidine rings is 1. The van der Waals surface area contributed by atoms with Crippen molar-refractivity contribution in [3.05, 3.63) is 42.1 Å². The fourth-order valence-corrected chi connectivity index (χ4v) is 4.82. The molecule has 0 amide bonds. The number of hydrogen-bond acceptors (Lipinski definition) is 4. The third kappa shape index (κ3) is 4.53. The number of pyridine rings is 1. The van der Waals surface area contributed by atoms with Crippen LogP contribution in [0.5, 0.6) is 0 Å². The SMILES string of the molecule is C[C@H](CN1CCCCC1)NS(=O)(=O)Cc1cccc2cccnc12. The monoisotopic (exact) mass is 347 g/mol. The molecule has 1 atom stereocenters. The van der Waals surface area contributed by atoms with Crippen molar-refractivity contribution in [1.82, 2.24) is 14.6 Å². The van der Waals surface area contributed by atoms with Gasteiger partial charge in [0.2, 0.25) is 10.0 Å². The topological polar surface area (TPSA) is 62.3 Å². The van der Waals surface area contributed by atoms with Crippen LogP contribution >= 0.6 is 0 Å². The van der Waals surface area contributed by atoms with E-state index in [1.165, 1.54) is 19.3 Å². The van der Waals surface area contributed by atoms with E-state index < -0.39 is 10.0 Å². The van der Waals surface area contributed by atoms with Crippen LogP contribution in [0.4, 0.5) is 0 Å². The lowest BCUT2D eigenvalue weighted by Gasteiger charge is -2.29. The molecule has 24 heavy (non-hydrogen) atoms. The summed E-state index contributed by atoms with van der Waals surface area (Å²) in [7, 11) is -3.39. The van der Waals surface area contributed by atoms with Gasteiger partial charge in [-0.2, -0.15) is 0 Å². The highest BCUT2D eigenvalue weighted by Gasteiger charge is 2.20. The Morgan fingerprint density at radius 2 is 1.92 bits per heavy atom. The molecule has 1 saturated heterocycles. The van der Waals surface area contributed by atoms with E-state index in [-0.39, 0.29) is 11.8 Å². The molecular formula is C18H25N3O2S. The molecule has 2 aromatic rings. The average molecular weight is 347 g/mol. The van der Waals surface area contributed by atoms with Crippen molar-refractivity contribution in [2.75, 3.05) is 19.6 Å². The maximum Gasteiger partial charge on any atom is 0.216 e. The summed E-state index contributed by atoms with van der Waals surface area (Å²) in [6.07, 6.45) is 5.40. The van der Waals surface area contributed by atoms with Gasteiger partial charge in [-0.15, -0.1) is 0 Å². The highest BCUT2D eigenvalue weighted by Crippen LogP contribution is 2.18. The van der Waals surface area contributed by atoms with Crippen LogP contribution in [0.2, 0.25) is 0 Å². The summed E-state index contributed by atoms with van der Waals surface area (Å²) in [6, 6.07) is 9.39. The van der Waals surface area contributed by atoms with E-state index in [0.717, 1.165) is 36.1 Å². The van der Waals surface area contributed by atoms with Crippen molar-refractivity contribution in [3.8, 4) is 0 Å². The van der Waals surface area contributed by atoms with Gasteiger partial charge >= 0.3 is 0 Å². The molecule has 0 aliphatic carbocycles. The van der Waals surface area contributed by atoms with Crippen molar-refractivity contribution in [1.29, 1.82) is 0 Å². The molecule has 6 heteroatoms. The van der Waals surface area contributed by atoms with Crippen molar-refractivity contribution in [2.45, 2.75) is 38.0 Å². The quantitative estimate of drug-likeness (QED) is 0.872. The predicted molar refractivity (Wildman–Crippen MR) is 97.3 cm³/mol. The normalized spacial score (nSPS) is 17.9. The third-order valence-electron chi connectivity index (χ3n) is 4.42. The second-order valence-corrected chi connectivity index (χ2v) is 8.39. The summed E-state index contributed by atoms with van der Waals surface area (Å²) in [4.78, 5) is 6.68. The van der Waals surface area contributed by atoms with Crippen LogP contribution in [-0.2, 0) is 15.8 Å². The summed E-state index contributed by atoms with van der Waals surface area (Å²) >= 11 is 0. The molecule has 0 unspecified atom stereocenters. The zero-order valence-corrected chi connectivity index (χ0v) is 14.9. The number of rotatable bonds is 6. The highest BCUT2D eigenvalue weighted by atomic mass is 32.2. The van der Waals surface area contributed by atoms with Crippen molar-refractivity contribution < 1.29 is 8.42 Å². The molecule has 1 aliphatic rings. The molecule has 3 rings (SSSR count). The summed E-state index contributed by atoms with van der Waals surface area (Å²) in [5.41, 5.74) is 1.50. The number of para-hydroxylation sites is 1. The number of nitrogens with one attached hydrogen (secondary N) is 1. The average Bonchev–Trinajstić information content (AvgIpc) is 2.55. The van der Waals surface area contributed by atoms with Crippen molar-refractivity contribution in [2.24, 2.45) is 0 Å². The minimum atomic E-state index is -3.39. The highest BCUT2D eigenvalue weighted by molar-refractivity contribution is 7.88. The Balaban J connectivity index is 1.66. The molecule has 2 heterocycles. The van der Waals surface area contributed by atoms with Gasteiger partial charge in [0.25, 0.3) is 0 Å². The Morgan fingerprint density at radius 1 is 1.17 bits per heavy atom. The van der Waals surface area contributed by atoms with E-state index in [1.807, 2.05) is 37.3 Å². The first-order valence-corrected chi connectivity index (χ1v) is 10.2. The van der Waals surface area contributed by atoms with Gasteiger partial charge in [-0.25, -0.2) is 13.1 Å². The Hall–Kier alpha value is -1.50. The van der Waals surface area contributed by atoms with Gasteiger partial charge in [-0.3, -0.25) is 4.98 Å². The number of likely N-dealkylation sites (tertiary alicyclic amines) is 1. The van der Waals surface area contributed by atoms with E-state index in [2.05, 4.69) is 14.6 Å². The molecule has 0 spiro atoms. The van der Waals surface area contributed by atoms with Crippen LogP contribution in [0.1, 0.15) is 31.7 Å². The maximum absolute atomic E-state index is 12.5. The lowest BCUT2D eigenvalue weighted by molar-refractivity contribution is 0.215. The van der Waals surface area contributed by atoms with Gasteiger partial charge in [0.1, 0.15) is 0 Å². The van der Waals surface area contributed by atoms with E-state index in [9.17, 15) is 8.42 Å². The molecule has 130 valence electrons. The second-order valence-electron chi connectivity index (χ2n) is 6.63. The first kappa shape index (κ1) is 17.3. The Bertz CT molecular complexity index is 780. The van der Waals surface area contributed by atoms with Crippen LogP contribution < -0.4 is 4.72 Å². The zero-order chi connectivity index (χ0) is 17.0. The first-order valence-electron chi connectivity index (χ1n) is 8.58. The van der Waals surface area contributed by atoms with Gasteiger partial charge in [0.15, 0.2) is 0 Å². The smallest absolute Gasteiger partial charge is 0.216 e. The minimum Gasteiger partial charge on any atom is -0.302 e. The van der Waals surface area contributed by atoms with E-state index in [4.69, 9.17) is 0 Å². The number of fused-ring (bicyclic) bond motifs is 1. The van der Waals surface area contributed by atoms with Crippen LogP contribution in [0.25, 0.3) is 10.9 Å². The Labute approximate surface area is 144 Å². The van der Waals surface area contributed by atoms with Gasteiger partial charge in [0, 0.05) is 24.2 Å². The molecule has 0 bridgehead atoms. The lowest BCUT2D eigenvalue weighted by Crippen LogP contribution is -2.43. The van der Waals surface area contributed by atoms with E-state index >= 15 is 0 Å². The zero-order valence-electron chi connectivity index (χ0n) is 14.1. The summed E-state index contributed by atoms with van der Waals surface area (Å²) in [5.74, 6) is -0.0360. The van der Waals surface area contributed by atoms with Crippen LogP contribution in [0.15, 0.2) is 36.5 Å². The lowest BCUT2D eigenvalue weighted by atomic mass is 10.1. The third-order valence-corrected chi connectivity index (χ3v) is 5.88. The molecule has 0 radical (unpaired) electrons. The number of hydrogen-bond donors (Lipinski definition) is 1. The molecule has 1 N–H and O–H groups in total. The van der Waals surface area contributed by atoms with Crippen LogP contribution in [0.3, 0.4) is 0 Å². The summed E-state index contributed by atoms with van der Waals surface area (Å²) in [5, 5.41) is 0.964. The van der Waals surface area contributed by atoms with Gasteiger partial charge in [0.05, 0.1) is 11.3 Å². The Morgan fingerprint density at radius 3 is 2.71 bits per heavy atom. The summed E-state index contributed by atoms with van der Waals surface area (Å²) < 4.78 is 27.9. The van der Waals surface area contributed by atoms with Crippen LogP contribution in [-0.4, -0.2) is 44.0 Å². The predicted octanol–water partition coefficient (Wildman–Crippen LogP) is 2.53. The van der Waals surface area contributed by atoms with Gasteiger partial charge in [-0.1, -0.05) is 30.7 Å². The molecular weight excluding hydrogens is 322 g/mol. The van der Waals surface area contributed by atoms with Crippen molar-refractivity contribution >= 4 is 20.9 Å². The maximum atomic E-state index is 12.5. The van der Waals surface area contributed by atoms with Crippen molar-refractivity contribution in [3.63, 3.8) is 0 Å². The molecule has 5 nitrogen and oxygen atoms in total. The van der Waals surface area contributed by atoms with Gasteiger partial charge in [-0.05, 0) is 44.5 Å². The van der Waals surface area contributed by atoms with Crippen LogP contribution in [0, 0.1) is 0 Å². The first-order chi connectivity index (χ1) is 11.5. The fraction of sp³-hybridized carbons (Fsp3) is 0.500. The van der Waals surface area contributed by atoms with E-state index in [1.54, 1.807) is 6.20 Å². The minimum absolute atomic E-state index is 0.0360. The fourth-order valence-electron chi connectivity index (χ4n) is 3.40. The largest absolute Gasteiger partial charge is 0.302 e. The summed E-state index contributed by atoms with van der Waals surface area (Å²) in [6.45, 7) is 4.85. The number of sulfonamides is 1. The van der Waals surface area contributed by atoms with Gasteiger partial charge < -0.3 is 4.90 Å². The number of benzene rings is 1. The molecule has 1 aliphatic heterocycles. The molecule has 1 aromatic carbocycles. The molecule has 0 saturated carbocycles. The Kier molecular flexibility index (Phi) is 5.48. The van der Waals surface area contributed by atoms with E-state index in [0.29, 0.717) is 0 Å².